The second kappa shape index (κ2) is 6.21. The molecule has 0 heterocycles. The molecule has 9 heteroatoms. The van der Waals surface area contributed by atoms with Gasteiger partial charge in [-0.3, -0.25) is 9.11 Å². The van der Waals surface area contributed by atoms with Crippen LogP contribution in [0, 0.1) is 6.92 Å². The third-order valence-corrected chi connectivity index (χ3v) is 0. The number of halogens is 3. The summed E-state index contributed by atoms with van der Waals surface area (Å²) in [6, 6.07) is 0. The molecule has 0 saturated carbocycles. The molecule has 0 bridgehead atoms. The fourth-order valence-electron chi connectivity index (χ4n) is 0. The van der Waals surface area contributed by atoms with E-state index in [4.69, 9.17) is 17.5 Å². The van der Waals surface area contributed by atoms with Crippen molar-refractivity contribution in [2.24, 2.45) is 0 Å². The van der Waals surface area contributed by atoms with Crippen molar-refractivity contribution >= 4 is 10.4 Å². The first kappa shape index (κ1) is 17.7. The van der Waals surface area contributed by atoms with Gasteiger partial charge in [0.1, 0.15) is 0 Å². The topological polar surface area (TPSA) is 74.6 Å². The predicted octanol–water partition coefficient (Wildman–Crippen LogP) is -2.27. The minimum Gasteiger partial charge on any atom is -0.264 e. The van der Waals surface area contributed by atoms with Gasteiger partial charge in [0, 0.05) is 0 Å². The first-order valence-corrected chi connectivity index (χ1v) is 3.02. The summed E-state index contributed by atoms with van der Waals surface area (Å²) in [5.74, 6) is 0. The number of alkyl halides is 3. The summed E-state index contributed by atoms with van der Waals surface area (Å²) in [6.45, 7) is 1.77. The van der Waals surface area contributed by atoms with Crippen LogP contribution in [0.15, 0.2) is 0 Å². The van der Waals surface area contributed by atoms with Crippen molar-refractivity contribution in [3.05, 3.63) is 6.92 Å². The van der Waals surface area contributed by atoms with E-state index in [1.807, 2.05) is 0 Å². The molecule has 0 fully saturated rings. The number of rotatable bonds is 0. The van der Waals surface area contributed by atoms with Gasteiger partial charge in [0.25, 0.3) is 6.18 Å². The van der Waals surface area contributed by atoms with Crippen LogP contribution in [0.25, 0.3) is 0 Å². The summed E-state index contributed by atoms with van der Waals surface area (Å²) in [7, 11) is -4.67. The van der Waals surface area contributed by atoms with Crippen molar-refractivity contribution in [2.45, 2.75) is 6.18 Å². The zero-order chi connectivity index (χ0) is 9.00. The molecule has 64 valence electrons. The maximum Gasteiger partial charge on any atom is 1.00 e. The summed E-state index contributed by atoms with van der Waals surface area (Å²) in [6.07, 6.45) is -4.25. The minimum absolute atomic E-state index is 0. The SMILES string of the molecule is O=S(=O)(O)O.[CH2-]C(F)(F)F.[Na+]. The van der Waals surface area contributed by atoms with Crippen LogP contribution in [0.3, 0.4) is 0 Å². The van der Waals surface area contributed by atoms with E-state index in [-0.39, 0.29) is 29.6 Å². The van der Waals surface area contributed by atoms with Gasteiger partial charge >= 0.3 is 40.0 Å². The molecule has 0 saturated heterocycles. The van der Waals surface area contributed by atoms with Crippen molar-refractivity contribution < 1.29 is 60.3 Å². The van der Waals surface area contributed by atoms with Crippen LogP contribution in [-0.4, -0.2) is 23.7 Å². The third-order valence-electron chi connectivity index (χ3n) is 0. The van der Waals surface area contributed by atoms with Crippen LogP contribution in [0.5, 0.6) is 0 Å². The molecule has 0 aliphatic heterocycles. The Labute approximate surface area is 83.7 Å². The van der Waals surface area contributed by atoms with Gasteiger partial charge in [-0.2, -0.15) is 8.42 Å². The number of hydrogen-bond donors (Lipinski definition) is 2. The van der Waals surface area contributed by atoms with E-state index in [0.29, 0.717) is 0 Å². The smallest absolute Gasteiger partial charge is 0.264 e. The molecule has 0 spiro atoms. The normalized spacial score (nSPS) is 10.7. The van der Waals surface area contributed by atoms with E-state index in [1.165, 1.54) is 0 Å². The molecule has 0 aromatic rings. The maximum absolute atomic E-state index is 10.2. The minimum atomic E-state index is -4.67. The van der Waals surface area contributed by atoms with Crippen LogP contribution in [0.2, 0.25) is 0 Å². The maximum atomic E-state index is 10.2. The molecule has 0 aliphatic carbocycles. The Kier molecular flexibility index (Phi) is 9.97. The molecular formula is C2H4F3NaO4S. The zero-order valence-electron chi connectivity index (χ0n) is 5.46. The first-order chi connectivity index (χ1) is 4.00. The molecule has 2 N–H and O–H groups in total. The molecule has 0 rings (SSSR count). The molecule has 0 atom stereocenters. The summed E-state index contributed by atoms with van der Waals surface area (Å²) >= 11 is 0. The van der Waals surface area contributed by atoms with Crippen LogP contribution in [-0.2, 0) is 10.4 Å². The molecule has 0 aromatic carbocycles. The quantitative estimate of drug-likeness (QED) is 0.265. The van der Waals surface area contributed by atoms with Gasteiger partial charge in [-0.25, -0.2) is 20.1 Å². The van der Waals surface area contributed by atoms with Gasteiger partial charge in [0.2, 0.25) is 0 Å². The fourth-order valence-corrected chi connectivity index (χ4v) is 0. The third kappa shape index (κ3) is 1840. The largest absolute Gasteiger partial charge is 1.00 e. The van der Waals surface area contributed by atoms with Gasteiger partial charge in [0.15, 0.2) is 0 Å². The molecule has 4 nitrogen and oxygen atoms in total. The molecule has 0 amide bonds. The van der Waals surface area contributed by atoms with Crippen molar-refractivity contribution in [1.29, 1.82) is 0 Å². The summed E-state index contributed by atoms with van der Waals surface area (Å²) in [5, 5.41) is 0. The standard InChI is InChI=1S/C2H2F3.Na.H2O4S/c1-2(3,4)5;;1-5(2,3)4/h1H2;;(H2,1,2,3,4)/q-1;+1;. The van der Waals surface area contributed by atoms with E-state index >= 15 is 0 Å². The molecule has 0 aromatic heterocycles. The first-order valence-electron chi connectivity index (χ1n) is 1.62. The van der Waals surface area contributed by atoms with Gasteiger partial charge in [-0.1, -0.05) is 0 Å². The monoisotopic (exact) mass is 204 g/mol. The van der Waals surface area contributed by atoms with Crippen LogP contribution >= 0.6 is 0 Å². The number of hydrogen-bond acceptors (Lipinski definition) is 2. The van der Waals surface area contributed by atoms with Crippen LogP contribution < -0.4 is 29.6 Å². The Morgan fingerprint density at radius 1 is 1.18 bits per heavy atom. The van der Waals surface area contributed by atoms with Crippen molar-refractivity contribution in [3.63, 3.8) is 0 Å². The van der Waals surface area contributed by atoms with E-state index in [9.17, 15) is 13.2 Å². The second-order valence-corrected chi connectivity index (χ2v) is 1.96. The molecule has 0 radical (unpaired) electrons. The zero-order valence-corrected chi connectivity index (χ0v) is 8.28. The van der Waals surface area contributed by atoms with E-state index in [1.54, 1.807) is 6.92 Å². The molecule has 0 unspecified atom stereocenters. The van der Waals surface area contributed by atoms with Crippen LogP contribution in [0.1, 0.15) is 0 Å². The van der Waals surface area contributed by atoms with Gasteiger partial charge < -0.3 is 0 Å². The van der Waals surface area contributed by atoms with E-state index in [0.717, 1.165) is 0 Å². The van der Waals surface area contributed by atoms with Gasteiger partial charge in [-0.05, 0) is 0 Å². The molecule has 11 heavy (non-hydrogen) atoms. The second-order valence-electron chi connectivity index (χ2n) is 1.06. The Morgan fingerprint density at radius 2 is 1.18 bits per heavy atom. The van der Waals surface area contributed by atoms with Crippen molar-refractivity contribution in [3.8, 4) is 0 Å². The Morgan fingerprint density at radius 3 is 1.18 bits per heavy atom. The predicted molar refractivity (Wildman–Crippen MR) is 25.6 cm³/mol. The fraction of sp³-hybridized carbons (Fsp3) is 0.500. The Hall–Kier alpha value is 0.660. The summed E-state index contributed by atoms with van der Waals surface area (Å²) in [4.78, 5) is 0. The van der Waals surface area contributed by atoms with Gasteiger partial charge in [0.05, 0.1) is 0 Å². The van der Waals surface area contributed by atoms with Crippen molar-refractivity contribution in [1.82, 2.24) is 0 Å². The summed E-state index contributed by atoms with van der Waals surface area (Å²) in [5.41, 5.74) is 0. The average Bonchev–Trinajstić information content (AvgIpc) is 1.12. The van der Waals surface area contributed by atoms with Gasteiger partial charge in [-0.15, -0.1) is 0 Å². The van der Waals surface area contributed by atoms with Crippen molar-refractivity contribution in [2.75, 3.05) is 0 Å². The average molecular weight is 204 g/mol. The molecule has 0 aliphatic rings. The van der Waals surface area contributed by atoms with Crippen LogP contribution in [0.4, 0.5) is 13.2 Å². The Balaban J connectivity index is -0.000000107. The summed E-state index contributed by atoms with van der Waals surface area (Å²) < 4.78 is 62.3. The Bertz CT molecular complexity index is 158. The molecular weight excluding hydrogens is 200 g/mol. The van der Waals surface area contributed by atoms with E-state index < -0.39 is 16.6 Å². The van der Waals surface area contributed by atoms with E-state index in [2.05, 4.69) is 0 Å².